The third-order valence-corrected chi connectivity index (χ3v) is 4.83. The molecular weight excluding hydrogens is 426 g/mol. The topological polar surface area (TPSA) is 71.2 Å². The zero-order valence-corrected chi connectivity index (χ0v) is 14.9. The Hall–Kier alpha value is -2.96. The standard InChI is InChI=1S/C16H10F6N4O2S/c1-8(14(27)28)13-25(2-3-29-13)26-7-23-12(24-26)9-4-10(15(17,18)19)6-11(5-9)16(20,21)22/h2-7,13H,1H2,(H,27,28). The van der Waals surface area contributed by atoms with E-state index in [2.05, 4.69) is 16.7 Å². The van der Waals surface area contributed by atoms with Crippen molar-refractivity contribution in [3.63, 3.8) is 0 Å². The molecule has 0 saturated heterocycles. The van der Waals surface area contributed by atoms with Gasteiger partial charge in [-0.05, 0) is 23.6 Å². The van der Waals surface area contributed by atoms with E-state index in [1.165, 1.54) is 16.6 Å². The predicted octanol–water partition coefficient (Wildman–Crippen LogP) is 4.11. The molecular formula is C16H10F6N4O2S. The molecule has 1 aromatic heterocycles. The number of hydrogen-bond acceptors (Lipinski definition) is 5. The Kier molecular flexibility index (Phi) is 5.11. The van der Waals surface area contributed by atoms with Gasteiger partial charge in [0, 0.05) is 11.8 Å². The van der Waals surface area contributed by atoms with Crippen LogP contribution in [-0.2, 0) is 17.1 Å². The number of carbonyl (C=O) groups is 1. The molecule has 0 bridgehead atoms. The smallest absolute Gasteiger partial charge is 0.416 e. The van der Waals surface area contributed by atoms with Crippen molar-refractivity contribution in [2.75, 3.05) is 5.01 Å². The van der Waals surface area contributed by atoms with Gasteiger partial charge < -0.3 is 5.11 Å². The SMILES string of the molecule is C=C(C(=O)O)C1SC=CN1n1cnc(-c2cc(C(F)(F)F)cc(C(F)(F)F)c2)n1. The van der Waals surface area contributed by atoms with E-state index in [-0.39, 0.29) is 11.6 Å². The number of alkyl halides is 6. The molecule has 2 heterocycles. The summed E-state index contributed by atoms with van der Waals surface area (Å²) >= 11 is 1.08. The van der Waals surface area contributed by atoms with Crippen molar-refractivity contribution in [3.8, 4) is 11.4 Å². The molecule has 0 radical (unpaired) electrons. The van der Waals surface area contributed by atoms with Crippen molar-refractivity contribution in [3.05, 3.63) is 59.4 Å². The molecule has 1 unspecified atom stereocenters. The van der Waals surface area contributed by atoms with Gasteiger partial charge in [-0.15, -0.1) is 16.9 Å². The Labute approximate surface area is 163 Å². The number of rotatable bonds is 4. The molecule has 1 N–H and O–H groups in total. The summed E-state index contributed by atoms with van der Waals surface area (Å²) in [5.74, 6) is -1.67. The maximum absolute atomic E-state index is 13.0. The highest BCUT2D eigenvalue weighted by Crippen LogP contribution is 2.38. The van der Waals surface area contributed by atoms with Crippen LogP contribution in [0.4, 0.5) is 26.3 Å². The Morgan fingerprint density at radius 3 is 2.21 bits per heavy atom. The summed E-state index contributed by atoms with van der Waals surface area (Å²) in [7, 11) is 0. The number of halogens is 6. The highest BCUT2D eigenvalue weighted by atomic mass is 32.2. The molecule has 3 rings (SSSR count). The molecule has 1 aliphatic heterocycles. The lowest BCUT2D eigenvalue weighted by Gasteiger charge is -2.23. The largest absolute Gasteiger partial charge is 0.478 e. The number of nitrogens with zero attached hydrogens (tertiary/aromatic N) is 4. The van der Waals surface area contributed by atoms with Gasteiger partial charge in [0.05, 0.1) is 16.7 Å². The van der Waals surface area contributed by atoms with E-state index in [1.807, 2.05) is 0 Å². The van der Waals surface area contributed by atoms with Crippen LogP contribution in [0.3, 0.4) is 0 Å². The molecule has 0 fully saturated rings. The van der Waals surface area contributed by atoms with Crippen LogP contribution in [0.2, 0.25) is 0 Å². The molecule has 1 aliphatic rings. The fraction of sp³-hybridized carbons (Fsp3) is 0.188. The van der Waals surface area contributed by atoms with Gasteiger partial charge in [0.2, 0.25) is 0 Å². The van der Waals surface area contributed by atoms with Crippen LogP contribution >= 0.6 is 11.8 Å². The summed E-state index contributed by atoms with van der Waals surface area (Å²) in [4.78, 5) is 15.9. The fourth-order valence-electron chi connectivity index (χ4n) is 2.42. The quantitative estimate of drug-likeness (QED) is 0.575. The average molecular weight is 436 g/mol. The normalized spacial score (nSPS) is 17.0. The molecule has 1 atom stereocenters. The predicted molar refractivity (Wildman–Crippen MR) is 91.0 cm³/mol. The number of thioether (sulfide) groups is 1. The molecule has 0 aliphatic carbocycles. The van der Waals surface area contributed by atoms with Crippen molar-refractivity contribution in [2.45, 2.75) is 17.7 Å². The zero-order valence-electron chi connectivity index (χ0n) is 14.1. The summed E-state index contributed by atoms with van der Waals surface area (Å²) in [6.07, 6.45) is -7.54. The second-order valence-electron chi connectivity index (χ2n) is 5.77. The third kappa shape index (κ3) is 4.23. The highest BCUT2D eigenvalue weighted by Gasteiger charge is 2.37. The van der Waals surface area contributed by atoms with E-state index in [0.29, 0.717) is 12.1 Å². The number of carboxylic acids is 1. The van der Waals surface area contributed by atoms with Crippen molar-refractivity contribution in [2.24, 2.45) is 0 Å². The summed E-state index contributed by atoms with van der Waals surface area (Å²) in [6.45, 7) is 3.44. The van der Waals surface area contributed by atoms with Gasteiger partial charge in [-0.2, -0.15) is 31.1 Å². The van der Waals surface area contributed by atoms with Crippen LogP contribution in [0.5, 0.6) is 0 Å². The monoisotopic (exact) mass is 436 g/mol. The molecule has 154 valence electrons. The molecule has 2 aromatic rings. The molecule has 0 amide bonds. The van der Waals surface area contributed by atoms with Crippen molar-refractivity contribution < 1.29 is 36.2 Å². The minimum atomic E-state index is -5.00. The number of hydrogen-bond donors (Lipinski definition) is 1. The Balaban J connectivity index is 2.01. The van der Waals surface area contributed by atoms with Gasteiger partial charge in [0.1, 0.15) is 11.7 Å². The van der Waals surface area contributed by atoms with Crippen LogP contribution in [0, 0.1) is 0 Å². The minimum absolute atomic E-state index is 0.00717. The average Bonchev–Trinajstić information content (AvgIpc) is 3.28. The lowest BCUT2D eigenvalue weighted by molar-refractivity contribution is -0.143. The molecule has 0 saturated carbocycles. The van der Waals surface area contributed by atoms with Crippen LogP contribution in [0.1, 0.15) is 11.1 Å². The second-order valence-corrected chi connectivity index (χ2v) is 6.76. The Bertz CT molecular complexity index is 966. The molecule has 29 heavy (non-hydrogen) atoms. The van der Waals surface area contributed by atoms with Crippen LogP contribution in [-0.4, -0.2) is 31.3 Å². The Morgan fingerprint density at radius 2 is 1.69 bits per heavy atom. The highest BCUT2D eigenvalue weighted by molar-refractivity contribution is 8.03. The Morgan fingerprint density at radius 1 is 1.10 bits per heavy atom. The maximum Gasteiger partial charge on any atom is 0.416 e. The van der Waals surface area contributed by atoms with Crippen molar-refractivity contribution in [1.29, 1.82) is 0 Å². The summed E-state index contributed by atoms with van der Waals surface area (Å²) in [5.41, 5.74) is -3.68. The van der Waals surface area contributed by atoms with Gasteiger partial charge in [-0.25, -0.2) is 9.78 Å². The number of carboxylic acid groups (broad SMARTS) is 1. The van der Waals surface area contributed by atoms with Crippen LogP contribution < -0.4 is 5.01 Å². The first kappa shape index (κ1) is 20.8. The molecule has 0 spiro atoms. The van der Waals surface area contributed by atoms with E-state index in [4.69, 9.17) is 5.11 Å². The summed E-state index contributed by atoms with van der Waals surface area (Å²) in [6, 6.07) is 1.03. The van der Waals surface area contributed by atoms with E-state index in [1.54, 1.807) is 0 Å². The lowest BCUT2D eigenvalue weighted by Crippen LogP contribution is -2.37. The zero-order chi connectivity index (χ0) is 21.6. The maximum atomic E-state index is 13.0. The van der Waals surface area contributed by atoms with Crippen LogP contribution in [0.25, 0.3) is 11.4 Å². The first-order valence-corrected chi connectivity index (χ1v) is 8.56. The summed E-state index contributed by atoms with van der Waals surface area (Å²) in [5, 5.41) is 15.0. The summed E-state index contributed by atoms with van der Waals surface area (Å²) < 4.78 is 78.1. The lowest BCUT2D eigenvalue weighted by atomic mass is 10.0. The number of aromatic nitrogens is 3. The van der Waals surface area contributed by atoms with Crippen molar-refractivity contribution in [1.82, 2.24) is 14.9 Å². The van der Waals surface area contributed by atoms with E-state index in [9.17, 15) is 31.1 Å². The van der Waals surface area contributed by atoms with Gasteiger partial charge in [0.15, 0.2) is 5.82 Å². The number of aliphatic carboxylic acids is 1. The van der Waals surface area contributed by atoms with E-state index >= 15 is 0 Å². The molecule has 6 nitrogen and oxygen atoms in total. The molecule has 1 aromatic carbocycles. The van der Waals surface area contributed by atoms with Gasteiger partial charge in [-0.1, -0.05) is 6.58 Å². The first-order valence-electron chi connectivity index (χ1n) is 7.62. The van der Waals surface area contributed by atoms with E-state index < -0.39 is 46.2 Å². The molecule has 13 heteroatoms. The first-order chi connectivity index (χ1) is 13.4. The van der Waals surface area contributed by atoms with Crippen molar-refractivity contribution >= 4 is 17.7 Å². The third-order valence-electron chi connectivity index (χ3n) is 3.80. The van der Waals surface area contributed by atoms with Gasteiger partial charge in [0.25, 0.3) is 0 Å². The minimum Gasteiger partial charge on any atom is -0.478 e. The van der Waals surface area contributed by atoms with Gasteiger partial charge in [-0.3, -0.25) is 5.01 Å². The van der Waals surface area contributed by atoms with E-state index in [0.717, 1.165) is 22.9 Å². The van der Waals surface area contributed by atoms with Crippen LogP contribution in [0.15, 0.2) is 48.3 Å². The van der Waals surface area contributed by atoms with Gasteiger partial charge >= 0.3 is 18.3 Å². The fourth-order valence-corrected chi connectivity index (χ4v) is 3.32. The number of benzene rings is 1. The second kappa shape index (κ2) is 7.13.